The number of aromatic nitrogens is 4. The van der Waals surface area contributed by atoms with Crippen molar-refractivity contribution in [3.05, 3.63) is 435 Å². The van der Waals surface area contributed by atoms with Gasteiger partial charge in [0, 0.05) is 69.8 Å². The van der Waals surface area contributed by atoms with Gasteiger partial charge in [0.15, 0.2) is 0 Å². The van der Waals surface area contributed by atoms with Crippen molar-refractivity contribution in [2.75, 3.05) is 42.5 Å². The topological polar surface area (TPSA) is 112 Å². The predicted molar refractivity (Wildman–Crippen MR) is 470 cm³/mol. The van der Waals surface area contributed by atoms with E-state index in [9.17, 15) is 0 Å². The molecule has 4 heterocycles. The maximum absolute atomic E-state index is 5.60. The van der Waals surface area contributed by atoms with E-state index in [2.05, 4.69) is 371 Å². The number of pyridine rings is 4. The maximum atomic E-state index is 5.60. The number of para-hydroxylation sites is 1. The van der Waals surface area contributed by atoms with Gasteiger partial charge in [-0.1, -0.05) is 278 Å². The van der Waals surface area contributed by atoms with Crippen LogP contribution in [0.1, 0.15) is 119 Å². The number of nitrogens with zero attached hydrogens (tertiary/aromatic N) is 5. The van der Waals surface area contributed by atoms with Gasteiger partial charge in [-0.15, -0.1) is 0 Å². The van der Waals surface area contributed by atoms with Crippen LogP contribution < -0.4 is 26.0 Å². The van der Waals surface area contributed by atoms with Crippen LogP contribution >= 0.6 is 0 Å². The molecule has 16 aromatic rings. The van der Waals surface area contributed by atoms with Gasteiger partial charge in [0.25, 0.3) is 0 Å². The van der Waals surface area contributed by atoms with Gasteiger partial charge in [-0.05, 0) is 201 Å². The average Bonchev–Trinajstić information content (AvgIpc) is 0.802. The highest BCUT2D eigenvalue weighted by Gasteiger charge is 2.25. The lowest BCUT2D eigenvalue weighted by atomic mass is 9.95. The number of benzene rings is 12. The van der Waals surface area contributed by atoms with E-state index < -0.39 is 0 Å². The highest BCUT2D eigenvalue weighted by Crippen LogP contribution is 2.39. The Morgan fingerprint density at radius 2 is 0.688 bits per heavy atom. The molecule has 0 radical (unpaired) electrons. The molecule has 4 aromatic heterocycles. The summed E-state index contributed by atoms with van der Waals surface area (Å²) in [6, 6.07) is 112. The van der Waals surface area contributed by atoms with Gasteiger partial charge in [0.05, 0.1) is 59.7 Å². The first kappa shape index (κ1) is 77.1. The zero-order valence-corrected chi connectivity index (χ0v) is 66.0. The fourth-order valence-corrected chi connectivity index (χ4v) is 15.2. The molecule has 12 aromatic carbocycles. The average molecular weight is 1470 g/mol. The van der Waals surface area contributed by atoms with Crippen molar-refractivity contribution in [3.63, 3.8) is 0 Å². The summed E-state index contributed by atoms with van der Waals surface area (Å²) < 4.78 is 5.60. The minimum Gasteiger partial charge on any atom is -0.496 e. The van der Waals surface area contributed by atoms with Crippen molar-refractivity contribution in [2.24, 2.45) is 0 Å². The number of hydrogen-bond donors (Lipinski definition) is 4. The van der Waals surface area contributed by atoms with E-state index in [1.807, 2.05) is 79.3 Å². The number of hydrogen-bond acceptors (Lipinski definition) is 10. The quantitative estimate of drug-likeness (QED) is 0.0589. The van der Waals surface area contributed by atoms with Crippen LogP contribution in [0, 0.1) is 55.4 Å². The Morgan fingerprint density at radius 3 is 1.17 bits per heavy atom. The summed E-state index contributed by atoms with van der Waals surface area (Å²) in [5.74, 6) is 0.855. The molecule has 0 saturated carbocycles. The van der Waals surface area contributed by atoms with Crippen LogP contribution in [-0.4, -0.2) is 46.0 Å². The van der Waals surface area contributed by atoms with Crippen molar-refractivity contribution in [2.45, 2.75) is 86.1 Å². The molecule has 4 unspecified atom stereocenters. The lowest BCUT2D eigenvalue weighted by molar-refractivity contribution is 0.400. The molecule has 558 valence electrons. The largest absolute Gasteiger partial charge is 0.496 e. The van der Waals surface area contributed by atoms with E-state index in [-0.39, 0.29) is 24.2 Å². The molecular formula is C102H99N9O. The van der Waals surface area contributed by atoms with Gasteiger partial charge < -0.3 is 30.9 Å². The number of anilines is 4. The lowest BCUT2D eigenvalue weighted by Crippen LogP contribution is -2.19. The third-order valence-corrected chi connectivity index (χ3v) is 20.4. The molecule has 0 spiro atoms. The Morgan fingerprint density at radius 1 is 0.312 bits per heavy atom. The summed E-state index contributed by atoms with van der Waals surface area (Å²) in [4.78, 5) is 21.3. The van der Waals surface area contributed by atoms with Crippen LogP contribution in [0.25, 0.3) is 43.6 Å². The summed E-state index contributed by atoms with van der Waals surface area (Å²) in [5, 5.41) is 22.5. The van der Waals surface area contributed by atoms with Crippen LogP contribution in [0.2, 0.25) is 0 Å². The standard InChI is InChI=1S/C33H26N2.C24H29N3.C23H20N2.C22H24N2O/c1-23-21-22-25-12-6-8-17-28(25)32(23)35-33(26-13-3-2-4-14-26)31-20-10-19-30(34-31)29-18-9-15-24-11-5-7-16-27(24)29;1-17-14-18(2)23(19(3)15-17)26-24(22-12-8-9-13-25-22)21-11-7-6-10-20(21)16-27(4)5;1-17-14-15-18-9-5-6-12-20(18)22(17)25-23(19-10-3-2-4-11-19)21-13-7-8-16-24-21;1-15-13-16(2)21(17(3)14-15)24-22(19-10-7-8-12-23-19)18-9-5-6-11-20(18)25-4/h2-22,33,35H,1H3;6-15,24,26H,16H2,1-5H3;2-16,23,25H,1H3;5-14,22,24H,1-4H3. The highest BCUT2D eigenvalue weighted by atomic mass is 16.5. The molecule has 10 heteroatoms. The number of ether oxygens (including phenoxy) is 1. The van der Waals surface area contributed by atoms with Crippen molar-refractivity contribution in [1.29, 1.82) is 0 Å². The monoisotopic (exact) mass is 1470 g/mol. The SMILES string of the molecule is COc1ccccc1C(Nc1c(C)cc(C)cc1C)c1ccccn1.Cc1cc(C)c(NC(c2ccccn2)c2ccccc2CN(C)C)c(C)c1.Cc1ccc2ccccc2c1NC(c1ccccc1)c1cccc(-c2cccc3ccccc23)n1.Cc1ccc2ccccc2c1NC(c1ccccc1)c1ccccn1. The molecule has 4 atom stereocenters. The smallest absolute Gasteiger partial charge is 0.124 e. The molecule has 10 nitrogen and oxygen atoms in total. The molecule has 0 aliphatic rings. The molecule has 0 bridgehead atoms. The number of nitrogens with one attached hydrogen (secondary N) is 4. The van der Waals surface area contributed by atoms with Gasteiger partial charge in [0.1, 0.15) is 5.75 Å². The van der Waals surface area contributed by atoms with Crippen molar-refractivity contribution >= 4 is 55.1 Å². The number of methoxy groups -OCH3 is 1. The Labute approximate surface area is 661 Å². The Bertz CT molecular complexity index is 5690. The number of fused-ring (bicyclic) bond motifs is 3. The van der Waals surface area contributed by atoms with Gasteiger partial charge in [-0.3, -0.25) is 19.9 Å². The summed E-state index contributed by atoms with van der Waals surface area (Å²) in [6.07, 6.45) is 5.55. The van der Waals surface area contributed by atoms with Gasteiger partial charge >= 0.3 is 0 Å². The van der Waals surface area contributed by atoms with E-state index in [4.69, 9.17) is 9.72 Å². The summed E-state index contributed by atoms with van der Waals surface area (Å²) in [7, 11) is 5.92. The first-order chi connectivity index (χ1) is 54.7. The van der Waals surface area contributed by atoms with Crippen molar-refractivity contribution in [1.82, 2.24) is 24.8 Å². The van der Waals surface area contributed by atoms with E-state index >= 15 is 0 Å². The second-order valence-electron chi connectivity index (χ2n) is 29.1. The second-order valence-corrected chi connectivity index (χ2v) is 29.1. The summed E-state index contributed by atoms with van der Waals surface area (Å²) in [6.45, 7) is 18.1. The lowest BCUT2D eigenvalue weighted by Gasteiger charge is -2.26. The summed E-state index contributed by atoms with van der Waals surface area (Å²) in [5.41, 5.74) is 26.8. The molecule has 112 heavy (non-hydrogen) atoms. The van der Waals surface area contributed by atoms with Crippen LogP contribution in [0.3, 0.4) is 0 Å². The molecule has 16 rings (SSSR count). The maximum Gasteiger partial charge on any atom is 0.124 e. The molecule has 0 fully saturated rings. The van der Waals surface area contributed by atoms with Crippen molar-refractivity contribution < 1.29 is 4.74 Å². The second kappa shape index (κ2) is 36.9. The molecule has 0 saturated heterocycles. The third kappa shape index (κ3) is 18.8. The fourth-order valence-electron chi connectivity index (χ4n) is 15.2. The highest BCUT2D eigenvalue weighted by molar-refractivity contribution is 5.98. The van der Waals surface area contributed by atoms with E-state index in [0.717, 1.165) is 69.0 Å². The number of aryl methyl sites for hydroxylation is 8. The Hall–Kier alpha value is -13.0. The molecule has 0 aliphatic heterocycles. The minimum absolute atomic E-state index is 0.00227. The molecule has 0 aliphatic carbocycles. The molecular weight excluding hydrogens is 1370 g/mol. The van der Waals surface area contributed by atoms with Crippen molar-refractivity contribution in [3.8, 4) is 17.0 Å². The summed E-state index contributed by atoms with van der Waals surface area (Å²) >= 11 is 0. The molecule has 0 amide bonds. The fraction of sp³-hybridized carbons (Fsp3) is 0.157. The predicted octanol–water partition coefficient (Wildman–Crippen LogP) is 24.8. The Balaban J connectivity index is 0.000000132. The van der Waals surface area contributed by atoms with E-state index in [1.165, 1.54) is 105 Å². The minimum atomic E-state index is -0.0874. The van der Waals surface area contributed by atoms with Crippen LogP contribution in [0.5, 0.6) is 5.75 Å². The first-order valence-corrected chi connectivity index (χ1v) is 38.5. The zero-order chi connectivity index (χ0) is 77.9. The zero-order valence-electron chi connectivity index (χ0n) is 66.0. The molecule has 4 N–H and O–H groups in total. The number of rotatable bonds is 20. The van der Waals surface area contributed by atoms with E-state index in [1.54, 1.807) is 7.11 Å². The van der Waals surface area contributed by atoms with E-state index in [0.29, 0.717) is 0 Å². The van der Waals surface area contributed by atoms with Gasteiger partial charge in [0.2, 0.25) is 0 Å². The Kier molecular flexibility index (Phi) is 25.4. The first-order valence-electron chi connectivity index (χ1n) is 38.5. The van der Waals surface area contributed by atoms with Crippen LogP contribution in [0.15, 0.2) is 340 Å². The van der Waals surface area contributed by atoms with Gasteiger partial charge in [-0.25, -0.2) is 0 Å². The third-order valence-electron chi connectivity index (χ3n) is 20.4. The van der Waals surface area contributed by atoms with Crippen LogP contribution in [-0.2, 0) is 6.54 Å². The van der Waals surface area contributed by atoms with Crippen LogP contribution in [0.4, 0.5) is 22.7 Å². The van der Waals surface area contributed by atoms with Gasteiger partial charge in [-0.2, -0.15) is 0 Å². The normalized spacial score (nSPS) is 12.0.